The van der Waals surface area contributed by atoms with E-state index in [4.69, 9.17) is 5.73 Å². The molecule has 0 fully saturated rings. The molecule has 2 aromatic heterocycles. The fourth-order valence-corrected chi connectivity index (χ4v) is 3.03. The molecule has 4 heteroatoms. The third-order valence-corrected chi connectivity index (χ3v) is 4.28. The predicted molar refractivity (Wildman–Crippen MR) is 90.2 cm³/mol. The molecule has 21 heavy (non-hydrogen) atoms. The lowest BCUT2D eigenvalue weighted by molar-refractivity contribution is 1.19. The van der Waals surface area contributed by atoms with Gasteiger partial charge in [0.2, 0.25) is 0 Å². The van der Waals surface area contributed by atoms with Crippen LogP contribution in [0.1, 0.15) is 0 Å². The van der Waals surface area contributed by atoms with E-state index in [9.17, 15) is 0 Å². The van der Waals surface area contributed by atoms with E-state index in [2.05, 4.69) is 51.2 Å². The quantitative estimate of drug-likeness (QED) is 0.555. The second-order valence-corrected chi connectivity index (χ2v) is 5.81. The molecule has 0 aliphatic rings. The molecule has 0 aliphatic carbocycles. The summed E-state index contributed by atoms with van der Waals surface area (Å²) in [6, 6.07) is 18.5. The summed E-state index contributed by atoms with van der Waals surface area (Å²) in [4.78, 5) is 4.68. The van der Waals surface area contributed by atoms with Gasteiger partial charge in [-0.1, -0.05) is 36.4 Å². The van der Waals surface area contributed by atoms with Gasteiger partial charge >= 0.3 is 0 Å². The average molecular weight is 338 g/mol. The van der Waals surface area contributed by atoms with Gasteiger partial charge in [0, 0.05) is 11.8 Å². The number of rotatable bonds is 1. The molecule has 0 unspecified atom stereocenters. The molecule has 0 bridgehead atoms. The number of nitrogens with zero attached hydrogens (tertiary/aromatic N) is 2. The molecule has 2 heterocycles. The van der Waals surface area contributed by atoms with Crippen molar-refractivity contribution >= 4 is 38.2 Å². The van der Waals surface area contributed by atoms with E-state index in [1.165, 1.54) is 10.8 Å². The smallest absolute Gasteiger partial charge is 0.153 e. The first-order valence-corrected chi connectivity index (χ1v) is 7.44. The SMILES string of the molecule is Nc1c(-c2ccc3ccccc3c2)nc2c(Br)cccn12. The summed E-state index contributed by atoms with van der Waals surface area (Å²) in [6.07, 6.45) is 1.92. The molecule has 3 nitrogen and oxygen atoms in total. The van der Waals surface area contributed by atoms with Crippen molar-refractivity contribution in [3.8, 4) is 11.3 Å². The van der Waals surface area contributed by atoms with Crippen molar-refractivity contribution in [3.63, 3.8) is 0 Å². The number of nitrogens with two attached hydrogens (primary N) is 1. The Labute approximate surface area is 130 Å². The van der Waals surface area contributed by atoms with Crippen molar-refractivity contribution in [2.24, 2.45) is 0 Å². The zero-order chi connectivity index (χ0) is 14.4. The Morgan fingerprint density at radius 1 is 0.952 bits per heavy atom. The van der Waals surface area contributed by atoms with Crippen LogP contribution in [0.25, 0.3) is 27.7 Å². The summed E-state index contributed by atoms with van der Waals surface area (Å²) >= 11 is 3.52. The number of fused-ring (bicyclic) bond motifs is 2. The minimum absolute atomic E-state index is 0.654. The van der Waals surface area contributed by atoms with Crippen LogP contribution in [-0.2, 0) is 0 Å². The second-order valence-electron chi connectivity index (χ2n) is 4.96. The van der Waals surface area contributed by atoms with Crippen molar-refractivity contribution in [1.29, 1.82) is 0 Å². The molecule has 0 aliphatic heterocycles. The molecule has 2 N–H and O–H groups in total. The van der Waals surface area contributed by atoms with Crippen LogP contribution in [0, 0.1) is 0 Å². The van der Waals surface area contributed by atoms with Gasteiger partial charge in [-0.05, 0) is 44.9 Å². The molecule has 0 atom stereocenters. The zero-order valence-corrected chi connectivity index (χ0v) is 12.7. The first-order valence-electron chi connectivity index (χ1n) is 6.65. The van der Waals surface area contributed by atoms with Gasteiger partial charge in [-0.15, -0.1) is 0 Å². The van der Waals surface area contributed by atoms with Crippen LogP contribution in [0.5, 0.6) is 0 Å². The first-order chi connectivity index (χ1) is 10.2. The Kier molecular flexibility index (Phi) is 2.72. The number of imidazole rings is 1. The van der Waals surface area contributed by atoms with Gasteiger partial charge in [0.1, 0.15) is 11.5 Å². The Morgan fingerprint density at radius 3 is 2.57 bits per heavy atom. The third-order valence-electron chi connectivity index (χ3n) is 3.66. The highest BCUT2D eigenvalue weighted by molar-refractivity contribution is 9.10. The van der Waals surface area contributed by atoms with Crippen LogP contribution in [-0.4, -0.2) is 9.38 Å². The van der Waals surface area contributed by atoms with Gasteiger partial charge in [0.05, 0.1) is 4.47 Å². The zero-order valence-electron chi connectivity index (χ0n) is 11.1. The predicted octanol–water partition coefficient (Wildman–Crippen LogP) is 4.50. The third kappa shape index (κ3) is 1.91. The van der Waals surface area contributed by atoms with Crippen molar-refractivity contribution in [1.82, 2.24) is 9.38 Å². The summed E-state index contributed by atoms with van der Waals surface area (Å²) in [7, 11) is 0. The maximum absolute atomic E-state index is 6.26. The highest BCUT2D eigenvalue weighted by Gasteiger charge is 2.13. The lowest BCUT2D eigenvalue weighted by Crippen LogP contribution is -1.93. The first kappa shape index (κ1) is 12.4. The number of hydrogen-bond donors (Lipinski definition) is 1. The van der Waals surface area contributed by atoms with Crippen LogP contribution in [0.3, 0.4) is 0 Å². The summed E-state index contributed by atoms with van der Waals surface area (Å²) in [5.41, 5.74) is 8.94. The van der Waals surface area contributed by atoms with Gasteiger partial charge in [0.25, 0.3) is 0 Å². The van der Waals surface area contributed by atoms with E-state index in [0.29, 0.717) is 5.82 Å². The molecule has 0 saturated carbocycles. The van der Waals surface area contributed by atoms with Crippen molar-refractivity contribution in [2.75, 3.05) is 5.73 Å². The molecule has 0 amide bonds. The van der Waals surface area contributed by atoms with Crippen LogP contribution in [0.4, 0.5) is 5.82 Å². The maximum Gasteiger partial charge on any atom is 0.153 e. The van der Waals surface area contributed by atoms with Gasteiger partial charge in [-0.3, -0.25) is 4.40 Å². The summed E-state index contributed by atoms with van der Waals surface area (Å²) in [5.74, 6) is 0.654. The van der Waals surface area contributed by atoms with E-state index in [1.807, 2.05) is 34.9 Å². The Hall–Kier alpha value is -2.33. The molecular weight excluding hydrogens is 326 g/mol. The number of halogens is 1. The van der Waals surface area contributed by atoms with Gasteiger partial charge in [0.15, 0.2) is 5.65 Å². The molecule has 2 aromatic carbocycles. The van der Waals surface area contributed by atoms with Gasteiger partial charge < -0.3 is 5.73 Å². The molecular formula is C17H12BrN3. The van der Waals surface area contributed by atoms with Crippen LogP contribution >= 0.6 is 15.9 Å². The van der Waals surface area contributed by atoms with E-state index >= 15 is 0 Å². The van der Waals surface area contributed by atoms with E-state index in [0.717, 1.165) is 21.4 Å². The largest absolute Gasteiger partial charge is 0.383 e. The number of aromatic nitrogens is 2. The molecule has 0 radical (unpaired) electrons. The lowest BCUT2D eigenvalue weighted by atomic mass is 10.1. The Bertz CT molecular complexity index is 972. The number of pyridine rings is 1. The van der Waals surface area contributed by atoms with Crippen LogP contribution in [0.2, 0.25) is 0 Å². The topological polar surface area (TPSA) is 43.3 Å². The van der Waals surface area contributed by atoms with Gasteiger partial charge in [-0.25, -0.2) is 4.98 Å². The second kappa shape index (κ2) is 4.60. The molecule has 102 valence electrons. The lowest BCUT2D eigenvalue weighted by Gasteiger charge is -2.02. The summed E-state index contributed by atoms with van der Waals surface area (Å²) in [6.45, 7) is 0. The minimum atomic E-state index is 0.654. The van der Waals surface area contributed by atoms with Gasteiger partial charge in [-0.2, -0.15) is 0 Å². The highest BCUT2D eigenvalue weighted by atomic mass is 79.9. The van der Waals surface area contributed by atoms with Crippen LogP contribution in [0.15, 0.2) is 65.3 Å². The molecule has 4 rings (SSSR count). The number of benzene rings is 2. The normalized spacial score (nSPS) is 11.3. The summed E-state index contributed by atoms with van der Waals surface area (Å²) in [5, 5.41) is 2.40. The minimum Gasteiger partial charge on any atom is -0.383 e. The standard InChI is InChI=1S/C17H12BrN3/c18-14-6-3-9-21-16(19)15(20-17(14)21)13-8-7-11-4-1-2-5-12(11)10-13/h1-10H,19H2. The number of hydrogen-bond acceptors (Lipinski definition) is 2. The maximum atomic E-state index is 6.26. The van der Waals surface area contributed by atoms with E-state index in [1.54, 1.807) is 0 Å². The van der Waals surface area contributed by atoms with Crippen LogP contribution < -0.4 is 5.73 Å². The molecule has 0 spiro atoms. The van der Waals surface area contributed by atoms with E-state index in [-0.39, 0.29) is 0 Å². The fourth-order valence-electron chi connectivity index (χ4n) is 2.60. The number of anilines is 1. The Balaban J connectivity index is 1.99. The fraction of sp³-hybridized carbons (Fsp3) is 0. The molecule has 4 aromatic rings. The summed E-state index contributed by atoms with van der Waals surface area (Å²) < 4.78 is 2.83. The average Bonchev–Trinajstić information content (AvgIpc) is 2.86. The monoisotopic (exact) mass is 337 g/mol. The number of nitrogen functional groups attached to an aromatic ring is 1. The highest BCUT2D eigenvalue weighted by Crippen LogP contribution is 2.31. The molecule has 0 saturated heterocycles. The van der Waals surface area contributed by atoms with Crippen molar-refractivity contribution in [3.05, 3.63) is 65.3 Å². The van der Waals surface area contributed by atoms with Crippen molar-refractivity contribution in [2.45, 2.75) is 0 Å². The van der Waals surface area contributed by atoms with E-state index < -0.39 is 0 Å². The van der Waals surface area contributed by atoms with Crippen molar-refractivity contribution < 1.29 is 0 Å². The Morgan fingerprint density at radius 2 is 1.76 bits per heavy atom.